The Morgan fingerprint density at radius 1 is 1.13 bits per heavy atom. The lowest BCUT2D eigenvalue weighted by molar-refractivity contribution is -0.156. The number of allylic oxidation sites excluding steroid dienone is 3. The smallest absolute Gasteiger partial charge is 0.309 e. The Balaban J connectivity index is 1.88. The lowest BCUT2D eigenvalue weighted by Gasteiger charge is -2.27. The molecule has 4 heteroatoms. The number of aliphatic hydroxyl groups is 1. The summed E-state index contributed by atoms with van der Waals surface area (Å²) >= 11 is 0. The molecule has 0 unspecified atom stereocenters. The van der Waals surface area contributed by atoms with E-state index in [-0.39, 0.29) is 23.6 Å². The lowest BCUT2D eigenvalue weighted by Crippen LogP contribution is -2.31. The van der Waals surface area contributed by atoms with Gasteiger partial charge < -0.3 is 9.84 Å². The highest BCUT2D eigenvalue weighted by molar-refractivity contribution is 5.90. The van der Waals surface area contributed by atoms with Crippen LogP contribution in [0.15, 0.2) is 72.3 Å². The number of ether oxygens (including phenoxy) is 1. The van der Waals surface area contributed by atoms with Crippen LogP contribution in [-0.2, 0) is 9.53 Å². The van der Waals surface area contributed by atoms with Gasteiger partial charge in [0.2, 0.25) is 0 Å². The first kappa shape index (κ1) is 20.3. The first-order valence-corrected chi connectivity index (χ1v) is 10.2. The van der Waals surface area contributed by atoms with E-state index in [1.165, 1.54) is 12.1 Å². The summed E-state index contributed by atoms with van der Waals surface area (Å²) < 4.78 is 19.0. The molecule has 0 aromatic heterocycles. The molecule has 1 N–H and O–H groups in total. The number of rotatable bonds is 3. The summed E-state index contributed by atoms with van der Waals surface area (Å²) in [6.45, 7) is 4.25. The van der Waals surface area contributed by atoms with E-state index >= 15 is 0 Å². The van der Waals surface area contributed by atoms with Crippen LogP contribution in [0, 0.1) is 11.2 Å². The summed E-state index contributed by atoms with van der Waals surface area (Å²) in [4.78, 5) is 11.7. The van der Waals surface area contributed by atoms with Gasteiger partial charge in [-0.05, 0) is 46.0 Å². The van der Waals surface area contributed by atoms with Crippen LogP contribution in [0.4, 0.5) is 4.39 Å². The van der Waals surface area contributed by atoms with E-state index in [9.17, 15) is 14.3 Å². The molecule has 3 nitrogen and oxygen atoms in total. The van der Waals surface area contributed by atoms with Crippen LogP contribution in [0.3, 0.4) is 0 Å². The highest BCUT2D eigenvalue weighted by atomic mass is 19.1. The van der Waals surface area contributed by atoms with Gasteiger partial charge in [-0.15, -0.1) is 0 Å². The Labute approximate surface area is 176 Å². The molecule has 0 amide bonds. The third-order valence-electron chi connectivity index (χ3n) is 5.67. The Morgan fingerprint density at radius 3 is 2.60 bits per heavy atom. The molecule has 1 saturated heterocycles. The SMILES string of the molecule is CC1(C)C=Cc2ccccc2C(c2ccc(F)cc2)=C1/C=C/[C@H]1C[C@H](O)CC(=O)O1. The van der Waals surface area contributed by atoms with Gasteiger partial charge >= 0.3 is 5.97 Å². The maximum Gasteiger partial charge on any atom is 0.309 e. The van der Waals surface area contributed by atoms with Crippen molar-refractivity contribution in [3.8, 4) is 0 Å². The van der Waals surface area contributed by atoms with Crippen molar-refractivity contribution in [2.24, 2.45) is 5.41 Å². The zero-order valence-corrected chi connectivity index (χ0v) is 17.1. The molecule has 154 valence electrons. The van der Waals surface area contributed by atoms with E-state index in [0.717, 1.165) is 27.8 Å². The minimum absolute atomic E-state index is 0.0372. The van der Waals surface area contributed by atoms with Gasteiger partial charge in [0.05, 0.1) is 12.5 Å². The number of hydrogen-bond donors (Lipinski definition) is 1. The molecule has 0 saturated carbocycles. The molecule has 1 fully saturated rings. The molecule has 2 aromatic carbocycles. The second-order valence-electron chi connectivity index (χ2n) is 8.42. The van der Waals surface area contributed by atoms with Crippen LogP contribution in [0.1, 0.15) is 43.4 Å². The molecule has 1 heterocycles. The van der Waals surface area contributed by atoms with Crippen molar-refractivity contribution >= 4 is 17.6 Å². The summed E-state index contributed by atoms with van der Waals surface area (Å²) in [5.41, 5.74) is 4.79. The fraction of sp³-hybridized carbons (Fsp3) is 0.269. The number of carbonyl (C=O) groups excluding carboxylic acids is 1. The largest absolute Gasteiger partial charge is 0.458 e. The van der Waals surface area contributed by atoms with Crippen molar-refractivity contribution in [3.63, 3.8) is 0 Å². The quantitative estimate of drug-likeness (QED) is 0.706. The molecular formula is C26H25FO3. The van der Waals surface area contributed by atoms with E-state index in [2.05, 4.69) is 38.1 Å². The Morgan fingerprint density at radius 2 is 1.87 bits per heavy atom. The van der Waals surface area contributed by atoms with Crippen LogP contribution in [0.25, 0.3) is 11.6 Å². The normalized spacial score (nSPS) is 23.3. The van der Waals surface area contributed by atoms with Crippen molar-refractivity contribution in [2.45, 2.75) is 38.9 Å². The Kier molecular flexibility index (Phi) is 5.44. The lowest BCUT2D eigenvalue weighted by atomic mass is 9.78. The number of aliphatic hydroxyl groups excluding tert-OH is 1. The topological polar surface area (TPSA) is 46.5 Å². The number of carbonyl (C=O) groups is 1. The first-order chi connectivity index (χ1) is 14.3. The minimum Gasteiger partial charge on any atom is -0.458 e. The van der Waals surface area contributed by atoms with Gasteiger partial charge in [0, 0.05) is 11.8 Å². The summed E-state index contributed by atoms with van der Waals surface area (Å²) in [6, 6.07) is 14.7. The van der Waals surface area contributed by atoms with Crippen LogP contribution in [0.2, 0.25) is 0 Å². The third kappa shape index (κ3) is 4.14. The molecule has 2 atom stereocenters. The molecule has 1 aliphatic heterocycles. The maximum atomic E-state index is 13.6. The fourth-order valence-electron chi connectivity index (χ4n) is 4.08. The molecule has 30 heavy (non-hydrogen) atoms. The number of hydrogen-bond acceptors (Lipinski definition) is 3. The standard InChI is InChI=1S/C26H25FO3/c1-26(2)14-13-17-5-3-4-6-22(17)25(18-7-9-19(27)10-8-18)23(26)12-11-21-15-20(28)16-24(29)30-21/h3-14,20-21,28H,15-16H2,1-2H3/b12-11+/t20-,21-/m0/s1. The van der Waals surface area contributed by atoms with Gasteiger partial charge in [-0.2, -0.15) is 0 Å². The van der Waals surface area contributed by atoms with Crippen LogP contribution in [0.5, 0.6) is 0 Å². The molecule has 1 aliphatic carbocycles. The molecule has 2 aromatic rings. The van der Waals surface area contributed by atoms with Gasteiger partial charge in [0.15, 0.2) is 0 Å². The Bertz CT molecular complexity index is 1040. The third-order valence-corrected chi connectivity index (χ3v) is 5.67. The van der Waals surface area contributed by atoms with E-state index in [1.807, 2.05) is 24.3 Å². The fourth-order valence-corrected chi connectivity index (χ4v) is 4.08. The molecule has 0 spiro atoms. The predicted octanol–water partition coefficient (Wildman–Crippen LogP) is 5.30. The monoisotopic (exact) mass is 404 g/mol. The van der Waals surface area contributed by atoms with Crippen LogP contribution in [-0.4, -0.2) is 23.3 Å². The summed E-state index contributed by atoms with van der Waals surface area (Å²) in [5, 5.41) is 9.93. The van der Waals surface area contributed by atoms with Gasteiger partial charge in [-0.3, -0.25) is 4.79 Å². The summed E-state index contributed by atoms with van der Waals surface area (Å²) in [7, 11) is 0. The average molecular weight is 404 g/mol. The van der Waals surface area contributed by atoms with E-state index in [0.29, 0.717) is 6.42 Å². The number of cyclic esters (lactones) is 1. The summed E-state index contributed by atoms with van der Waals surface area (Å²) in [6.07, 6.45) is 7.37. The number of benzene rings is 2. The zero-order chi connectivity index (χ0) is 21.3. The van der Waals surface area contributed by atoms with Crippen molar-refractivity contribution < 1.29 is 19.0 Å². The van der Waals surface area contributed by atoms with Crippen molar-refractivity contribution in [1.82, 2.24) is 0 Å². The van der Waals surface area contributed by atoms with Crippen molar-refractivity contribution in [1.29, 1.82) is 0 Å². The Hall–Kier alpha value is -2.98. The van der Waals surface area contributed by atoms with Gasteiger partial charge in [0.1, 0.15) is 11.9 Å². The second kappa shape index (κ2) is 8.04. The zero-order valence-electron chi connectivity index (χ0n) is 17.1. The average Bonchev–Trinajstić information content (AvgIpc) is 2.81. The molecular weight excluding hydrogens is 379 g/mol. The van der Waals surface area contributed by atoms with E-state index in [1.54, 1.807) is 12.1 Å². The highest BCUT2D eigenvalue weighted by Crippen LogP contribution is 2.43. The minimum atomic E-state index is -0.686. The van der Waals surface area contributed by atoms with Gasteiger partial charge in [-0.1, -0.05) is 68.5 Å². The van der Waals surface area contributed by atoms with Crippen molar-refractivity contribution in [3.05, 3.63) is 94.8 Å². The van der Waals surface area contributed by atoms with E-state index < -0.39 is 12.2 Å². The summed E-state index contributed by atoms with van der Waals surface area (Å²) in [5.74, 6) is -0.666. The molecule has 4 rings (SSSR count). The maximum absolute atomic E-state index is 13.6. The molecule has 2 aliphatic rings. The van der Waals surface area contributed by atoms with Gasteiger partial charge in [0.25, 0.3) is 0 Å². The second-order valence-corrected chi connectivity index (χ2v) is 8.42. The molecule has 0 bridgehead atoms. The van der Waals surface area contributed by atoms with E-state index in [4.69, 9.17) is 4.74 Å². The number of halogens is 1. The predicted molar refractivity (Wildman–Crippen MR) is 116 cm³/mol. The highest BCUT2D eigenvalue weighted by Gasteiger charge is 2.29. The number of esters is 1. The number of fused-ring (bicyclic) bond motifs is 1. The molecule has 0 radical (unpaired) electrons. The first-order valence-electron chi connectivity index (χ1n) is 10.2. The van der Waals surface area contributed by atoms with Crippen LogP contribution < -0.4 is 0 Å². The van der Waals surface area contributed by atoms with Gasteiger partial charge in [-0.25, -0.2) is 4.39 Å². The van der Waals surface area contributed by atoms with Crippen molar-refractivity contribution in [2.75, 3.05) is 0 Å². The van der Waals surface area contributed by atoms with Crippen LogP contribution >= 0.6 is 0 Å².